The summed E-state index contributed by atoms with van der Waals surface area (Å²) < 4.78 is 5.74. The Morgan fingerprint density at radius 1 is 1.67 bits per heavy atom. The van der Waals surface area contributed by atoms with Crippen molar-refractivity contribution in [1.82, 2.24) is 0 Å². The van der Waals surface area contributed by atoms with Gasteiger partial charge in [-0.15, -0.1) is 0 Å². The molecule has 56 valence electrons. The van der Waals surface area contributed by atoms with Gasteiger partial charge in [0, 0.05) is 0 Å². The first-order chi connectivity index (χ1) is 3.94. The highest BCUT2D eigenvalue weighted by Crippen LogP contribution is 2.23. The lowest BCUT2D eigenvalue weighted by Crippen LogP contribution is -2.28. The Bertz CT molecular complexity index is 92.3. The Morgan fingerprint density at radius 3 is 1.78 bits per heavy atom. The largest absolute Gasteiger partial charge is 0.368 e. The van der Waals surface area contributed by atoms with Gasteiger partial charge in [-0.25, -0.2) is 0 Å². The van der Waals surface area contributed by atoms with Crippen LogP contribution in [0.15, 0.2) is 0 Å². The van der Waals surface area contributed by atoms with Crippen LogP contribution in [0, 0.1) is 0 Å². The van der Waals surface area contributed by atoms with Gasteiger partial charge < -0.3 is 5.73 Å². The molecule has 0 aromatic rings. The van der Waals surface area contributed by atoms with Crippen molar-refractivity contribution in [3.8, 4) is 0 Å². The number of halogens is 3. The Hall–Kier alpha value is 0.680. The van der Waals surface area contributed by atoms with E-state index in [4.69, 9.17) is 10.4 Å². The van der Waals surface area contributed by atoms with E-state index in [-0.39, 0.29) is 0 Å². The van der Waals surface area contributed by atoms with Crippen molar-refractivity contribution in [3.63, 3.8) is 0 Å². The Balaban J connectivity index is 0. The first-order valence-corrected chi connectivity index (χ1v) is 3.71. The SMILES string of the molecule is CC(Br)(Br)C(N)=O.OCl. The van der Waals surface area contributed by atoms with E-state index in [2.05, 4.69) is 43.7 Å². The zero-order chi connectivity index (χ0) is 8.08. The third kappa shape index (κ3) is 8.68. The fourth-order valence-corrected chi connectivity index (χ4v) is 0. The monoisotopic (exact) mass is 281 g/mol. The third-order valence-electron chi connectivity index (χ3n) is 0.433. The summed E-state index contributed by atoms with van der Waals surface area (Å²) in [6.45, 7) is 1.62. The minimum absolute atomic E-state index is 0.424. The molecule has 9 heavy (non-hydrogen) atoms. The summed E-state index contributed by atoms with van der Waals surface area (Å²) in [6.07, 6.45) is 0. The number of hydrogen-bond donors (Lipinski definition) is 2. The van der Waals surface area contributed by atoms with Crippen LogP contribution in [0.2, 0.25) is 0 Å². The number of nitrogens with two attached hydrogens (primary N) is 1. The molecular weight excluding hydrogens is 277 g/mol. The standard InChI is InChI=1S/C3H5Br2NO.ClHO/c1-3(4,5)2(6)7;1-2/h1H3,(H2,6,7);2H. The van der Waals surface area contributed by atoms with Gasteiger partial charge in [0.05, 0.1) is 11.9 Å². The average molecular weight is 283 g/mol. The summed E-state index contributed by atoms with van der Waals surface area (Å²) in [6, 6.07) is 0. The second-order valence-electron chi connectivity index (χ2n) is 1.25. The number of amides is 1. The summed E-state index contributed by atoms with van der Waals surface area (Å²) in [4.78, 5) is 10.1. The molecule has 0 bridgehead atoms. The average Bonchev–Trinajstić information content (AvgIpc) is 1.69. The van der Waals surface area contributed by atoms with Gasteiger partial charge in [-0.05, 0) is 6.92 Å². The van der Waals surface area contributed by atoms with Gasteiger partial charge in [-0.2, -0.15) is 0 Å². The quantitative estimate of drug-likeness (QED) is 0.708. The molecule has 0 saturated carbocycles. The van der Waals surface area contributed by atoms with Crippen LogP contribution in [0.4, 0.5) is 0 Å². The number of hydrogen-bond acceptors (Lipinski definition) is 2. The van der Waals surface area contributed by atoms with E-state index in [1.807, 2.05) is 0 Å². The molecule has 0 aromatic carbocycles. The lowest BCUT2D eigenvalue weighted by Gasteiger charge is -2.05. The third-order valence-corrected chi connectivity index (χ3v) is 1.21. The summed E-state index contributed by atoms with van der Waals surface area (Å²) in [7, 11) is 0. The van der Waals surface area contributed by atoms with Gasteiger partial charge in [0.15, 0.2) is 3.23 Å². The molecule has 0 spiro atoms. The highest BCUT2D eigenvalue weighted by Gasteiger charge is 2.21. The van der Waals surface area contributed by atoms with E-state index < -0.39 is 9.14 Å². The van der Waals surface area contributed by atoms with E-state index >= 15 is 0 Å². The molecule has 0 aliphatic carbocycles. The highest BCUT2D eigenvalue weighted by molar-refractivity contribution is 9.25. The van der Waals surface area contributed by atoms with Crippen molar-refractivity contribution in [1.29, 1.82) is 0 Å². The van der Waals surface area contributed by atoms with Gasteiger partial charge in [0.25, 0.3) is 0 Å². The molecule has 0 saturated heterocycles. The smallest absolute Gasteiger partial charge is 0.244 e. The fourth-order valence-electron chi connectivity index (χ4n) is 0. The molecule has 3 nitrogen and oxygen atoms in total. The molecule has 0 atom stereocenters. The number of carbonyl (C=O) groups excluding carboxylic acids is 1. The van der Waals surface area contributed by atoms with Crippen LogP contribution in [-0.4, -0.2) is 13.8 Å². The van der Waals surface area contributed by atoms with E-state index in [1.54, 1.807) is 6.92 Å². The Labute approximate surface area is 75.0 Å². The summed E-state index contributed by atoms with van der Waals surface area (Å²) in [5, 5.41) is 0. The molecule has 6 heteroatoms. The molecule has 0 heterocycles. The van der Waals surface area contributed by atoms with Crippen LogP contribution in [0.25, 0.3) is 0 Å². The molecular formula is C3H6Br2ClNO2. The van der Waals surface area contributed by atoms with Crippen LogP contribution in [0.3, 0.4) is 0 Å². The molecule has 3 N–H and O–H groups in total. The zero-order valence-corrected chi connectivity index (χ0v) is 8.49. The summed E-state index contributed by atoms with van der Waals surface area (Å²) in [5.74, 6) is -0.424. The second-order valence-corrected chi connectivity index (χ2v) is 5.49. The maximum Gasteiger partial charge on any atom is 0.244 e. The minimum atomic E-state index is -0.736. The number of carbonyl (C=O) groups is 1. The fraction of sp³-hybridized carbons (Fsp3) is 0.667. The number of alkyl halides is 2. The minimum Gasteiger partial charge on any atom is -0.368 e. The maximum atomic E-state index is 10.1. The molecule has 0 fully saturated rings. The lowest BCUT2D eigenvalue weighted by atomic mass is 10.5. The normalized spacial score (nSPS) is 9.44. The van der Waals surface area contributed by atoms with Gasteiger partial charge in [0.2, 0.25) is 5.91 Å². The van der Waals surface area contributed by atoms with E-state index in [0.29, 0.717) is 0 Å². The first kappa shape index (κ1) is 12.4. The summed E-state index contributed by atoms with van der Waals surface area (Å²) in [5.41, 5.74) is 4.84. The Morgan fingerprint density at radius 2 is 1.78 bits per heavy atom. The topological polar surface area (TPSA) is 63.3 Å². The maximum absolute atomic E-state index is 10.1. The molecule has 0 aromatic heterocycles. The van der Waals surface area contributed by atoms with Crippen molar-refractivity contribution in [2.45, 2.75) is 10.2 Å². The van der Waals surface area contributed by atoms with Crippen LogP contribution >= 0.6 is 43.7 Å². The second kappa shape index (κ2) is 5.46. The van der Waals surface area contributed by atoms with Crippen LogP contribution in [0.5, 0.6) is 0 Å². The van der Waals surface area contributed by atoms with Crippen molar-refractivity contribution < 1.29 is 9.45 Å². The van der Waals surface area contributed by atoms with Crippen molar-refractivity contribution in [3.05, 3.63) is 0 Å². The van der Waals surface area contributed by atoms with Crippen LogP contribution in [-0.2, 0) is 4.79 Å². The van der Waals surface area contributed by atoms with E-state index in [1.165, 1.54) is 0 Å². The lowest BCUT2D eigenvalue weighted by molar-refractivity contribution is -0.117. The van der Waals surface area contributed by atoms with Crippen molar-refractivity contribution >= 4 is 49.6 Å². The predicted octanol–water partition coefficient (Wildman–Crippen LogP) is 1.11. The molecule has 0 aliphatic rings. The highest BCUT2D eigenvalue weighted by atomic mass is 79.9. The van der Waals surface area contributed by atoms with Gasteiger partial charge in [0.1, 0.15) is 0 Å². The Kier molecular flexibility index (Phi) is 7.51. The number of primary amides is 1. The molecule has 0 aliphatic heterocycles. The van der Waals surface area contributed by atoms with E-state index in [0.717, 1.165) is 0 Å². The van der Waals surface area contributed by atoms with Crippen LogP contribution < -0.4 is 5.73 Å². The van der Waals surface area contributed by atoms with Gasteiger partial charge in [-0.1, -0.05) is 31.9 Å². The van der Waals surface area contributed by atoms with E-state index in [9.17, 15) is 4.79 Å². The van der Waals surface area contributed by atoms with Crippen molar-refractivity contribution in [2.24, 2.45) is 5.73 Å². The molecule has 0 radical (unpaired) electrons. The zero-order valence-electron chi connectivity index (χ0n) is 4.57. The summed E-state index contributed by atoms with van der Waals surface area (Å²) >= 11 is 9.61. The van der Waals surface area contributed by atoms with Crippen molar-refractivity contribution in [2.75, 3.05) is 0 Å². The van der Waals surface area contributed by atoms with Gasteiger partial charge in [-0.3, -0.25) is 9.45 Å². The molecule has 0 rings (SSSR count). The van der Waals surface area contributed by atoms with Crippen LogP contribution in [0.1, 0.15) is 6.92 Å². The van der Waals surface area contributed by atoms with Gasteiger partial charge >= 0.3 is 0 Å². The first-order valence-electron chi connectivity index (χ1n) is 1.79. The molecule has 0 unspecified atom stereocenters. The predicted molar refractivity (Wildman–Crippen MR) is 43.5 cm³/mol. The number of rotatable bonds is 1. The molecule has 1 amide bonds.